The number of benzene rings is 4. The van der Waals surface area contributed by atoms with Crippen molar-refractivity contribution in [3.05, 3.63) is 118 Å². The van der Waals surface area contributed by atoms with Crippen LogP contribution in [0.4, 0.5) is 5.69 Å². The maximum absolute atomic E-state index is 14.5. The summed E-state index contributed by atoms with van der Waals surface area (Å²) in [5.41, 5.74) is 1.48. The Morgan fingerprint density at radius 2 is 1.43 bits per heavy atom. The average molecular weight is 685 g/mol. The molecule has 4 aromatic carbocycles. The lowest BCUT2D eigenvalue weighted by Crippen LogP contribution is -2.53. The van der Waals surface area contributed by atoms with E-state index in [1.165, 1.54) is 37.3 Å². The molecule has 0 spiro atoms. The van der Waals surface area contributed by atoms with Gasteiger partial charge in [0.15, 0.2) is 11.5 Å². The first kappa shape index (κ1) is 34.6. The molecule has 0 radical (unpaired) electrons. The molecule has 0 saturated carbocycles. The number of para-hydroxylation sites is 1. The second kappa shape index (κ2) is 15.8. The second-order valence-electron chi connectivity index (χ2n) is 10.2. The monoisotopic (exact) mass is 683 g/mol. The quantitative estimate of drug-likeness (QED) is 0.175. The molecular weight excluding hydrogens is 649 g/mol. The molecule has 0 aliphatic carbocycles. The molecule has 0 aromatic heterocycles. The number of nitrogens with zero attached hydrogens (tertiary/aromatic N) is 2. The summed E-state index contributed by atoms with van der Waals surface area (Å²) in [6, 6.07) is 25.6. The van der Waals surface area contributed by atoms with Crippen molar-refractivity contribution in [1.29, 1.82) is 0 Å². The molecular formula is C34H35Cl2N3O6S. The zero-order valence-corrected chi connectivity index (χ0v) is 28.0. The third-order valence-corrected chi connectivity index (χ3v) is 9.76. The Balaban J connectivity index is 1.83. The van der Waals surface area contributed by atoms with Crippen molar-refractivity contribution in [3.8, 4) is 11.5 Å². The first-order chi connectivity index (χ1) is 22.1. The van der Waals surface area contributed by atoms with Crippen molar-refractivity contribution < 1.29 is 27.5 Å². The fraction of sp³-hybridized carbons (Fsp3) is 0.235. The molecule has 12 heteroatoms. The van der Waals surface area contributed by atoms with E-state index in [2.05, 4.69) is 5.32 Å². The van der Waals surface area contributed by atoms with E-state index in [9.17, 15) is 18.0 Å². The summed E-state index contributed by atoms with van der Waals surface area (Å²) in [4.78, 5) is 29.4. The molecule has 1 N–H and O–H groups in total. The Bertz CT molecular complexity index is 1740. The van der Waals surface area contributed by atoms with Gasteiger partial charge in [-0.3, -0.25) is 13.9 Å². The zero-order chi connectivity index (χ0) is 33.3. The fourth-order valence-corrected chi connectivity index (χ4v) is 6.87. The van der Waals surface area contributed by atoms with Crippen molar-refractivity contribution in [3.63, 3.8) is 0 Å². The highest BCUT2D eigenvalue weighted by atomic mass is 35.5. The molecule has 242 valence electrons. The molecule has 4 rings (SSSR count). The van der Waals surface area contributed by atoms with Gasteiger partial charge in [0.05, 0.1) is 24.8 Å². The van der Waals surface area contributed by atoms with Crippen molar-refractivity contribution in [2.45, 2.75) is 30.8 Å². The van der Waals surface area contributed by atoms with Crippen LogP contribution in [0.2, 0.25) is 10.0 Å². The van der Waals surface area contributed by atoms with E-state index in [4.69, 9.17) is 32.7 Å². The molecule has 0 aliphatic rings. The predicted molar refractivity (Wildman–Crippen MR) is 180 cm³/mol. The highest BCUT2D eigenvalue weighted by Crippen LogP contribution is 2.33. The highest BCUT2D eigenvalue weighted by molar-refractivity contribution is 7.92. The van der Waals surface area contributed by atoms with Gasteiger partial charge in [-0.1, -0.05) is 77.8 Å². The van der Waals surface area contributed by atoms with Crippen LogP contribution in [-0.2, 0) is 32.6 Å². The fourth-order valence-electron chi connectivity index (χ4n) is 4.93. The minimum absolute atomic E-state index is 0.118. The molecule has 0 fully saturated rings. The predicted octanol–water partition coefficient (Wildman–Crippen LogP) is 5.98. The second-order valence-corrected chi connectivity index (χ2v) is 12.9. The number of hydrogen-bond donors (Lipinski definition) is 1. The number of anilines is 1. The topological polar surface area (TPSA) is 105 Å². The van der Waals surface area contributed by atoms with E-state index in [-0.39, 0.29) is 29.3 Å². The van der Waals surface area contributed by atoms with Gasteiger partial charge >= 0.3 is 0 Å². The Hall–Kier alpha value is -4.25. The summed E-state index contributed by atoms with van der Waals surface area (Å²) in [5, 5.41) is 3.43. The summed E-state index contributed by atoms with van der Waals surface area (Å²) in [6.07, 6.45) is 0.161. The number of rotatable bonds is 14. The molecule has 0 bridgehead atoms. The van der Waals surface area contributed by atoms with Crippen molar-refractivity contribution in [1.82, 2.24) is 10.2 Å². The van der Waals surface area contributed by atoms with E-state index < -0.39 is 34.4 Å². The largest absolute Gasteiger partial charge is 0.493 e. The van der Waals surface area contributed by atoms with Crippen LogP contribution in [0.1, 0.15) is 18.1 Å². The van der Waals surface area contributed by atoms with E-state index in [0.717, 1.165) is 9.87 Å². The van der Waals surface area contributed by atoms with Crippen molar-refractivity contribution in [2.75, 3.05) is 31.6 Å². The lowest BCUT2D eigenvalue weighted by molar-refractivity contribution is -0.140. The minimum Gasteiger partial charge on any atom is -0.493 e. The van der Waals surface area contributed by atoms with E-state index in [0.29, 0.717) is 27.9 Å². The summed E-state index contributed by atoms with van der Waals surface area (Å²) >= 11 is 13.1. The third kappa shape index (κ3) is 8.12. The van der Waals surface area contributed by atoms with E-state index in [1.807, 2.05) is 30.3 Å². The lowest BCUT2D eigenvalue weighted by atomic mass is 10.0. The maximum Gasteiger partial charge on any atom is 0.264 e. The van der Waals surface area contributed by atoms with E-state index in [1.54, 1.807) is 55.5 Å². The number of carbonyl (C=O) groups excluding carboxylic acids is 2. The smallest absolute Gasteiger partial charge is 0.264 e. The van der Waals surface area contributed by atoms with Crippen LogP contribution in [0.25, 0.3) is 0 Å². The van der Waals surface area contributed by atoms with Gasteiger partial charge < -0.3 is 19.7 Å². The van der Waals surface area contributed by atoms with Gasteiger partial charge in [-0.15, -0.1) is 0 Å². The van der Waals surface area contributed by atoms with E-state index >= 15 is 0 Å². The van der Waals surface area contributed by atoms with Crippen LogP contribution in [0.15, 0.2) is 102 Å². The van der Waals surface area contributed by atoms with Crippen LogP contribution in [-0.4, -0.2) is 58.5 Å². The molecule has 4 aromatic rings. The summed E-state index contributed by atoms with van der Waals surface area (Å²) in [5.74, 6) is -0.498. The zero-order valence-electron chi connectivity index (χ0n) is 25.7. The number of carbonyl (C=O) groups is 2. The number of methoxy groups -OCH3 is 2. The number of sulfonamides is 1. The molecule has 1 atom stereocenters. The SMILES string of the molecule is CCNC(=O)[C@@H](Cc1ccccc1)N(Cc1c(Cl)cccc1Cl)C(=O)CN(c1ccccc1)S(=O)(=O)c1ccc(OC)c(OC)c1. The Morgan fingerprint density at radius 1 is 0.826 bits per heavy atom. The number of likely N-dealkylation sites (N-methyl/N-ethyl adjacent to an activating group) is 1. The van der Waals surface area contributed by atoms with Crippen molar-refractivity contribution in [2.24, 2.45) is 0 Å². The van der Waals surface area contributed by atoms with Crippen LogP contribution in [0.5, 0.6) is 11.5 Å². The number of amides is 2. The normalized spacial score (nSPS) is 11.8. The van der Waals surface area contributed by atoms with Gasteiger partial charge in [0.2, 0.25) is 11.8 Å². The Kier molecular flexibility index (Phi) is 11.9. The molecule has 9 nitrogen and oxygen atoms in total. The van der Waals surface area contributed by atoms with Gasteiger partial charge in [0.1, 0.15) is 12.6 Å². The maximum atomic E-state index is 14.5. The third-order valence-electron chi connectivity index (χ3n) is 7.28. The number of halogens is 2. The number of nitrogens with one attached hydrogen (secondary N) is 1. The van der Waals surface area contributed by atoms with Crippen LogP contribution < -0.4 is 19.1 Å². The molecule has 0 aliphatic heterocycles. The van der Waals surface area contributed by atoms with Crippen LogP contribution >= 0.6 is 23.2 Å². The van der Waals surface area contributed by atoms with Gasteiger partial charge in [-0.2, -0.15) is 0 Å². The first-order valence-electron chi connectivity index (χ1n) is 14.4. The Labute approximate surface area is 279 Å². The van der Waals surface area contributed by atoms with Crippen molar-refractivity contribution >= 4 is 50.7 Å². The summed E-state index contributed by atoms with van der Waals surface area (Å²) in [6.45, 7) is 1.32. The standard InChI is InChI=1S/C34H35Cl2N3O6S/c1-4-37-34(41)30(20-24-12-7-5-8-13-24)38(22-27-28(35)16-11-17-29(27)36)33(40)23-39(25-14-9-6-10-15-25)46(42,43)26-18-19-31(44-2)32(21-26)45-3/h5-19,21,30H,4,20,22-23H2,1-3H3,(H,37,41)/t30-/m1/s1. The van der Waals surface area contributed by atoms with Crippen LogP contribution in [0.3, 0.4) is 0 Å². The lowest BCUT2D eigenvalue weighted by Gasteiger charge is -2.34. The molecule has 0 saturated heterocycles. The highest BCUT2D eigenvalue weighted by Gasteiger charge is 2.35. The summed E-state index contributed by atoms with van der Waals surface area (Å²) < 4.78 is 40.2. The number of hydrogen-bond acceptors (Lipinski definition) is 6. The molecule has 46 heavy (non-hydrogen) atoms. The number of ether oxygens (including phenoxy) is 2. The Morgan fingerprint density at radius 3 is 2.02 bits per heavy atom. The molecule has 0 unspecified atom stereocenters. The minimum atomic E-state index is -4.35. The van der Waals surface area contributed by atoms with Gasteiger partial charge in [-0.05, 0) is 48.9 Å². The van der Waals surface area contributed by atoms with Gasteiger partial charge in [0.25, 0.3) is 10.0 Å². The molecule has 2 amide bonds. The van der Waals surface area contributed by atoms with Crippen LogP contribution in [0, 0.1) is 0 Å². The summed E-state index contributed by atoms with van der Waals surface area (Å²) in [7, 11) is -1.50. The van der Waals surface area contributed by atoms with Gasteiger partial charge in [0, 0.05) is 41.2 Å². The average Bonchev–Trinajstić information content (AvgIpc) is 3.06. The van der Waals surface area contributed by atoms with Gasteiger partial charge in [-0.25, -0.2) is 8.42 Å². The molecule has 0 heterocycles. The first-order valence-corrected chi connectivity index (χ1v) is 16.6.